The lowest BCUT2D eigenvalue weighted by Gasteiger charge is -2.42. The van der Waals surface area contributed by atoms with Crippen LogP contribution in [0, 0.1) is 0 Å². The maximum absolute atomic E-state index is 11.4. The second-order valence-corrected chi connectivity index (χ2v) is 4.25. The summed E-state index contributed by atoms with van der Waals surface area (Å²) in [6, 6.07) is 0. The van der Waals surface area contributed by atoms with Crippen molar-refractivity contribution in [2.45, 2.75) is 19.4 Å². The normalized spacial score (nSPS) is 20.9. The molecule has 0 saturated carbocycles. The molecule has 1 aliphatic rings. The molecule has 1 rings (SSSR count). The van der Waals surface area contributed by atoms with Gasteiger partial charge in [0.25, 0.3) is 0 Å². The van der Waals surface area contributed by atoms with E-state index in [2.05, 4.69) is 18.7 Å². The van der Waals surface area contributed by atoms with Crippen LogP contribution in [-0.4, -0.2) is 54.5 Å². The number of amides is 1. The first-order valence-electron chi connectivity index (χ1n) is 4.66. The molecule has 0 aromatic carbocycles. The topological polar surface area (TPSA) is 49.6 Å². The van der Waals surface area contributed by atoms with E-state index in [1.165, 1.54) is 0 Å². The van der Waals surface area contributed by atoms with Crippen LogP contribution in [0.2, 0.25) is 0 Å². The van der Waals surface area contributed by atoms with E-state index in [4.69, 9.17) is 5.73 Å². The predicted molar refractivity (Wildman–Crippen MR) is 52.3 cm³/mol. The predicted octanol–water partition coefficient (Wildman–Crippen LogP) is -0.502. The Bertz CT molecular complexity index is 203. The van der Waals surface area contributed by atoms with Crippen LogP contribution in [0.3, 0.4) is 0 Å². The lowest BCUT2D eigenvalue weighted by molar-refractivity contribution is -0.136. The molecule has 4 heteroatoms. The van der Waals surface area contributed by atoms with E-state index in [9.17, 15) is 4.79 Å². The van der Waals surface area contributed by atoms with Gasteiger partial charge >= 0.3 is 0 Å². The van der Waals surface area contributed by atoms with Crippen LogP contribution in [0.1, 0.15) is 13.8 Å². The van der Waals surface area contributed by atoms with E-state index in [1.54, 1.807) is 4.90 Å². The highest BCUT2D eigenvalue weighted by atomic mass is 16.2. The number of nitrogens with zero attached hydrogens (tertiary/aromatic N) is 2. The Kier molecular flexibility index (Phi) is 2.93. The van der Waals surface area contributed by atoms with Gasteiger partial charge in [-0.1, -0.05) is 0 Å². The van der Waals surface area contributed by atoms with Gasteiger partial charge in [0.05, 0.1) is 6.54 Å². The summed E-state index contributed by atoms with van der Waals surface area (Å²) in [4.78, 5) is 15.3. The van der Waals surface area contributed by atoms with Crippen molar-refractivity contribution in [3.8, 4) is 0 Å². The van der Waals surface area contributed by atoms with Gasteiger partial charge in [-0.25, -0.2) is 0 Å². The number of hydrogen-bond donors (Lipinski definition) is 1. The maximum Gasteiger partial charge on any atom is 0.236 e. The monoisotopic (exact) mass is 185 g/mol. The summed E-state index contributed by atoms with van der Waals surface area (Å²) in [7, 11) is 1.84. The van der Waals surface area contributed by atoms with Crippen LogP contribution in [0.4, 0.5) is 0 Å². The van der Waals surface area contributed by atoms with E-state index in [0.29, 0.717) is 13.1 Å². The lowest BCUT2D eigenvalue weighted by Crippen LogP contribution is -2.58. The number of rotatable bonds is 2. The van der Waals surface area contributed by atoms with Crippen LogP contribution < -0.4 is 5.73 Å². The molecule has 13 heavy (non-hydrogen) atoms. The number of nitrogens with two attached hydrogens (primary N) is 1. The zero-order valence-corrected chi connectivity index (χ0v) is 8.71. The van der Waals surface area contributed by atoms with E-state index >= 15 is 0 Å². The zero-order valence-electron chi connectivity index (χ0n) is 8.71. The number of carbonyl (C=O) groups is 1. The van der Waals surface area contributed by atoms with Crippen LogP contribution in [0.25, 0.3) is 0 Å². The molecule has 1 fully saturated rings. The Labute approximate surface area is 79.7 Å². The van der Waals surface area contributed by atoms with Gasteiger partial charge in [-0.05, 0) is 13.8 Å². The molecule has 1 aliphatic heterocycles. The average molecular weight is 185 g/mol. The van der Waals surface area contributed by atoms with Crippen molar-refractivity contribution < 1.29 is 4.79 Å². The van der Waals surface area contributed by atoms with E-state index < -0.39 is 0 Å². The molecule has 0 atom stereocenters. The third-order valence-corrected chi connectivity index (χ3v) is 2.81. The van der Waals surface area contributed by atoms with Crippen LogP contribution in [-0.2, 0) is 4.79 Å². The Morgan fingerprint density at radius 2 is 2.08 bits per heavy atom. The fourth-order valence-electron chi connectivity index (χ4n) is 1.40. The maximum atomic E-state index is 11.4. The summed E-state index contributed by atoms with van der Waals surface area (Å²) in [5, 5.41) is 0. The first kappa shape index (κ1) is 10.5. The minimum atomic E-state index is -0.0586. The number of carbonyl (C=O) groups excluding carboxylic acids is 1. The summed E-state index contributed by atoms with van der Waals surface area (Å²) in [6.45, 7) is 6.97. The fourth-order valence-corrected chi connectivity index (χ4v) is 1.40. The summed E-state index contributed by atoms with van der Waals surface area (Å²) in [5.41, 5.74) is 5.59. The van der Waals surface area contributed by atoms with Crippen molar-refractivity contribution >= 4 is 5.91 Å². The SMILES string of the molecule is CN1CCN(C(C)(C)CN)CC1=O. The molecule has 2 N–H and O–H groups in total. The molecule has 0 radical (unpaired) electrons. The molecular formula is C9H19N3O. The van der Waals surface area contributed by atoms with Gasteiger partial charge < -0.3 is 10.6 Å². The Morgan fingerprint density at radius 1 is 1.46 bits per heavy atom. The van der Waals surface area contributed by atoms with E-state index in [0.717, 1.165) is 13.1 Å². The van der Waals surface area contributed by atoms with Gasteiger partial charge in [0, 0.05) is 32.2 Å². The van der Waals surface area contributed by atoms with Crippen molar-refractivity contribution in [1.82, 2.24) is 9.80 Å². The zero-order chi connectivity index (χ0) is 10.1. The number of piperazine rings is 1. The minimum absolute atomic E-state index is 0.0586. The summed E-state index contributed by atoms with van der Waals surface area (Å²) in [6.07, 6.45) is 0. The fraction of sp³-hybridized carbons (Fsp3) is 0.889. The van der Waals surface area contributed by atoms with Crippen LogP contribution in [0.5, 0.6) is 0 Å². The van der Waals surface area contributed by atoms with E-state index in [-0.39, 0.29) is 11.4 Å². The van der Waals surface area contributed by atoms with Crippen molar-refractivity contribution in [3.63, 3.8) is 0 Å². The summed E-state index contributed by atoms with van der Waals surface area (Å²) >= 11 is 0. The molecule has 0 spiro atoms. The average Bonchev–Trinajstić information content (AvgIpc) is 2.09. The van der Waals surface area contributed by atoms with Gasteiger partial charge in [0.2, 0.25) is 5.91 Å². The highest BCUT2D eigenvalue weighted by Crippen LogP contribution is 2.15. The van der Waals surface area contributed by atoms with Gasteiger partial charge in [-0.2, -0.15) is 0 Å². The number of likely N-dealkylation sites (N-methyl/N-ethyl adjacent to an activating group) is 1. The van der Waals surface area contributed by atoms with Crippen molar-refractivity contribution in [3.05, 3.63) is 0 Å². The molecule has 1 heterocycles. The summed E-state index contributed by atoms with van der Waals surface area (Å²) in [5.74, 6) is 0.188. The molecule has 1 amide bonds. The molecular weight excluding hydrogens is 166 g/mol. The highest BCUT2D eigenvalue weighted by Gasteiger charge is 2.31. The minimum Gasteiger partial charge on any atom is -0.343 e. The summed E-state index contributed by atoms with van der Waals surface area (Å²) < 4.78 is 0. The second kappa shape index (κ2) is 3.64. The molecule has 0 aromatic heterocycles. The first-order valence-corrected chi connectivity index (χ1v) is 4.66. The highest BCUT2D eigenvalue weighted by molar-refractivity contribution is 5.78. The van der Waals surface area contributed by atoms with Crippen molar-refractivity contribution in [1.29, 1.82) is 0 Å². The van der Waals surface area contributed by atoms with Crippen molar-refractivity contribution in [2.24, 2.45) is 5.73 Å². The Hall–Kier alpha value is -0.610. The van der Waals surface area contributed by atoms with Gasteiger partial charge in [0.1, 0.15) is 0 Å². The van der Waals surface area contributed by atoms with Gasteiger partial charge in [-0.15, -0.1) is 0 Å². The third kappa shape index (κ3) is 2.19. The Balaban J connectivity index is 2.60. The molecule has 0 aliphatic carbocycles. The quantitative estimate of drug-likeness (QED) is 0.631. The van der Waals surface area contributed by atoms with Crippen molar-refractivity contribution in [2.75, 3.05) is 33.2 Å². The number of hydrogen-bond acceptors (Lipinski definition) is 3. The molecule has 76 valence electrons. The van der Waals surface area contributed by atoms with Gasteiger partial charge in [-0.3, -0.25) is 9.69 Å². The molecule has 0 unspecified atom stereocenters. The largest absolute Gasteiger partial charge is 0.343 e. The first-order chi connectivity index (χ1) is 5.97. The standard InChI is InChI=1S/C9H19N3O/c1-9(2,7-10)12-5-4-11(3)8(13)6-12/h4-7,10H2,1-3H3. The third-order valence-electron chi connectivity index (χ3n) is 2.81. The van der Waals surface area contributed by atoms with Gasteiger partial charge in [0.15, 0.2) is 0 Å². The lowest BCUT2D eigenvalue weighted by atomic mass is 10.0. The Morgan fingerprint density at radius 3 is 2.54 bits per heavy atom. The molecule has 4 nitrogen and oxygen atoms in total. The second-order valence-electron chi connectivity index (χ2n) is 4.25. The molecule has 1 saturated heterocycles. The van der Waals surface area contributed by atoms with Crippen LogP contribution >= 0.6 is 0 Å². The molecule has 0 aromatic rings. The van der Waals surface area contributed by atoms with E-state index in [1.807, 2.05) is 7.05 Å². The molecule has 0 bridgehead atoms. The van der Waals surface area contributed by atoms with Crippen LogP contribution in [0.15, 0.2) is 0 Å². The smallest absolute Gasteiger partial charge is 0.236 e.